The summed E-state index contributed by atoms with van der Waals surface area (Å²) >= 11 is 0. The Balaban J connectivity index is 1.90. The number of aryl methyl sites for hydroxylation is 1. The third kappa shape index (κ3) is 4.70. The minimum atomic E-state index is -0.531. The number of rotatable bonds is 7. The molecule has 0 atom stereocenters. The van der Waals surface area contributed by atoms with Gasteiger partial charge in [0.2, 0.25) is 0 Å². The van der Waals surface area contributed by atoms with Crippen molar-refractivity contribution in [1.29, 1.82) is 0 Å². The third-order valence-corrected chi connectivity index (χ3v) is 3.29. The maximum Gasteiger partial charge on any atom is 0.311 e. The lowest BCUT2D eigenvalue weighted by molar-refractivity contribution is -0.385. The molecule has 2 aromatic rings. The van der Waals surface area contributed by atoms with Crippen LogP contribution in [0.15, 0.2) is 42.5 Å². The van der Waals surface area contributed by atoms with Crippen molar-refractivity contribution in [2.45, 2.75) is 13.5 Å². The molecule has 24 heavy (non-hydrogen) atoms. The number of ether oxygens (including phenoxy) is 2. The minimum absolute atomic E-state index is 0.0714. The van der Waals surface area contributed by atoms with Gasteiger partial charge in [0.05, 0.1) is 12.0 Å². The fourth-order valence-electron chi connectivity index (χ4n) is 2.07. The van der Waals surface area contributed by atoms with E-state index in [4.69, 9.17) is 9.47 Å². The SMILES string of the molecule is COc1cccc(CNC(=O)COc2ccc(C)cc2[N+](=O)[O-])c1. The molecule has 0 aromatic heterocycles. The predicted molar refractivity (Wildman–Crippen MR) is 88.2 cm³/mol. The lowest BCUT2D eigenvalue weighted by Crippen LogP contribution is -2.28. The molecule has 2 rings (SSSR count). The standard InChI is InChI=1S/C17H18N2O5/c1-12-6-7-16(15(8-12)19(21)22)24-11-17(20)18-10-13-4-3-5-14(9-13)23-2/h3-9H,10-11H2,1-2H3,(H,18,20). The lowest BCUT2D eigenvalue weighted by Gasteiger charge is -2.09. The van der Waals surface area contributed by atoms with Crippen LogP contribution in [-0.2, 0) is 11.3 Å². The van der Waals surface area contributed by atoms with Crippen LogP contribution >= 0.6 is 0 Å². The highest BCUT2D eigenvalue weighted by atomic mass is 16.6. The molecule has 0 radical (unpaired) electrons. The second-order valence-electron chi connectivity index (χ2n) is 5.15. The van der Waals surface area contributed by atoms with Crippen LogP contribution in [0.2, 0.25) is 0 Å². The van der Waals surface area contributed by atoms with Gasteiger partial charge in [-0.25, -0.2) is 0 Å². The van der Waals surface area contributed by atoms with Gasteiger partial charge in [0, 0.05) is 12.6 Å². The highest BCUT2D eigenvalue weighted by Gasteiger charge is 2.16. The summed E-state index contributed by atoms with van der Waals surface area (Å²) in [5.41, 5.74) is 1.47. The first-order chi connectivity index (χ1) is 11.5. The predicted octanol–water partition coefficient (Wildman–Crippen LogP) is 2.61. The van der Waals surface area contributed by atoms with Crippen molar-refractivity contribution in [2.75, 3.05) is 13.7 Å². The van der Waals surface area contributed by atoms with E-state index >= 15 is 0 Å². The van der Waals surface area contributed by atoms with E-state index in [9.17, 15) is 14.9 Å². The molecular formula is C17H18N2O5. The molecule has 1 N–H and O–H groups in total. The Morgan fingerprint density at radius 2 is 2.04 bits per heavy atom. The molecule has 0 aliphatic heterocycles. The van der Waals surface area contributed by atoms with Crippen molar-refractivity contribution in [3.8, 4) is 11.5 Å². The van der Waals surface area contributed by atoms with Gasteiger partial charge in [0.15, 0.2) is 12.4 Å². The van der Waals surface area contributed by atoms with E-state index in [1.54, 1.807) is 20.1 Å². The van der Waals surface area contributed by atoms with E-state index in [0.717, 1.165) is 11.1 Å². The van der Waals surface area contributed by atoms with Crippen molar-refractivity contribution in [3.63, 3.8) is 0 Å². The first kappa shape index (κ1) is 17.3. The molecule has 0 unspecified atom stereocenters. The van der Waals surface area contributed by atoms with Crippen LogP contribution in [-0.4, -0.2) is 24.5 Å². The van der Waals surface area contributed by atoms with Gasteiger partial charge in [-0.05, 0) is 36.2 Å². The molecule has 2 aromatic carbocycles. The molecule has 7 heteroatoms. The summed E-state index contributed by atoms with van der Waals surface area (Å²) in [6.45, 7) is 1.76. The molecule has 0 saturated heterocycles. The van der Waals surface area contributed by atoms with Gasteiger partial charge < -0.3 is 14.8 Å². The number of methoxy groups -OCH3 is 1. The topological polar surface area (TPSA) is 90.7 Å². The normalized spacial score (nSPS) is 10.1. The number of amides is 1. The third-order valence-electron chi connectivity index (χ3n) is 3.29. The number of carbonyl (C=O) groups excluding carboxylic acids is 1. The Morgan fingerprint density at radius 1 is 1.25 bits per heavy atom. The van der Waals surface area contributed by atoms with Gasteiger partial charge in [-0.15, -0.1) is 0 Å². The largest absolute Gasteiger partial charge is 0.497 e. The number of nitrogens with zero attached hydrogens (tertiary/aromatic N) is 1. The number of carbonyl (C=O) groups is 1. The zero-order chi connectivity index (χ0) is 17.5. The highest BCUT2D eigenvalue weighted by molar-refractivity contribution is 5.77. The monoisotopic (exact) mass is 330 g/mol. The Hall–Kier alpha value is -3.09. The minimum Gasteiger partial charge on any atom is -0.497 e. The van der Waals surface area contributed by atoms with Gasteiger partial charge in [-0.2, -0.15) is 0 Å². The van der Waals surface area contributed by atoms with E-state index in [1.165, 1.54) is 12.1 Å². The molecule has 0 aliphatic rings. The first-order valence-corrected chi connectivity index (χ1v) is 7.27. The maximum atomic E-state index is 11.9. The Bertz CT molecular complexity index is 746. The van der Waals surface area contributed by atoms with Crippen molar-refractivity contribution in [1.82, 2.24) is 5.32 Å². The van der Waals surface area contributed by atoms with Crippen LogP contribution in [0.25, 0.3) is 0 Å². The van der Waals surface area contributed by atoms with Gasteiger partial charge >= 0.3 is 5.69 Å². The smallest absolute Gasteiger partial charge is 0.311 e. The molecule has 0 fully saturated rings. The van der Waals surface area contributed by atoms with Crippen molar-refractivity contribution in [3.05, 3.63) is 63.7 Å². The van der Waals surface area contributed by atoms with Crippen molar-refractivity contribution < 1.29 is 19.2 Å². The van der Waals surface area contributed by atoms with Crippen molar-refractivity contribution >= 4 is 11.6 Å². The summed E-state index contributed by atoms with van der Waals surface area (Å²) in [4.78, 5) is 22.3. The zero-order valence-electron chi connectivity index (χ0n) is 13.4. The fourth-order valence-corrected chi connectivity index (χ4v) is 2.07. The molecule has 1 amide bonds. The number of nitro benzene ring substituents is 1. The summed E-state index contributed by atoms with van der Waals surface area (Å²) in [6.07, 6.45) is 0. The molecule has 0 bridgehead atoms. The molecule has 0 saturated carbocycles. The van der Waals surface area contributed by atoms with Crippen LogP contribution in [0.4, 0.5) is 5.69 Å². The van der Waals surface area contributed by atoms with E-state index in [-0.39, 0.29) is 24.0 Å². The van der Waals surface area contributed by atoms with E-state index in [0.29, 0.717) is 12.3 Å². The Morgan fingerprint density at radius 3 is 2.75 bits per heavy atom. The summed E-state index contributed by atoms with van der Waals surface area (Å²) in [5, 5.41) is 13.7. The Kier molecular flexibility index (Phi) is 5.73. The number of nitro groups is 1. The maximum absolute atomic E-state index is 11.9. The van der Waals surface area contributed by atoms with E-state index in [2.05, 4.69) is 5.32 Å². The molecule has 126 valence electrons. The lowest BCUT2D eigenvalue weighted by atomic mass is 10.2. The number of hydrogen-bond acceptors (Lipinski definition) is 5. The van der Waals surface area contributed by atoms with Gasteiger partial charge in [-0.1, -0.05) is 18.2 Å². The van der Waals surface area contributed by atoms with Crippen LogP contribution in [0.5, 0.6) is 11.5 Å². The average molecular weight is 330 g/mol. The quantitative estimate of drug-likeness (QED) is 0.622. The first-order valence-electron chi connectivity index (χ1n) is 7.27. The number of hydrogen-bond donors (Lipinski definition) is 1. The van der Waals surface area contributed by atoms with Crippen LogP contribution in [0, 0.1) is 17.0 Å². The summed E-state index contributed by atoms with van der Waals surface area (Å²) in [7, 11) is 1.57. The summed E-state index contributed by atoms with van der Waals surface area (Å²) in [5.74, 6) is 0.406. The van der Waals surface area contributed by atoms with E-state index < -0.39 is 4.92 Å². The van der Waals surface area contributed by atoms with Gasteiger partial charge in [0.25, 0.3) is 5.91 Å². The average Bonchev–Trinajstić information content (AvgIpc) is 2.58. The highest BCUT2D eigenvalue weighted by Crippen LogP contribution is 2.27. The van der Waals surface area contributed by atoms with Crippen LogP contribution in [0.1, 0.15) is 11.1 Å². The fraction of sp³-hybridized carbons (Fsp3) is 0.235. The number of benzene rings is 2. The van der Waals surface area contributed by atoms with Gasteiger partial charge in [-0.3, -0.25) is 14.9 Å². The molecule has 7 nitrogen and oxygen atoms in total. The van der Waals surface area contributed by atoms with Gasteiger partial charge in [0.1, 0.15) is 5.75 Å². The van der Waals surface area contributed by atoms with Crippen LogP contribution < -0.4 is 14.8 Å². The molecule has 0 aliphatic carbocycles. The summed E-state index contributed by atoms with van der Waals surface area (Å²) < 4.78 is 10.4. The molecular weight excluding hydrogens is 312 g/mol. The Labute approximate surface area is 139 Å². The zero-order valence-corrected chi connectivity index (χ0v) is 13.4. The van der Waals surface area contributed by atoms with E-state index in [1.807, 2.05) is 24.3 Å². The van der Waals surface area contributed by atoms with Crippen LogP contribution in [0.3, 0.4) is 0 Å². The second-order valence-corrected chi connectivity index (χ2v) is 5.15. The summed E-state index contributed by atoms with van der Waals surface area (Å²) in [6, 6.07) is 11.9. The van der Waals surface area contributed by atoms with Crippen molar-refractivity contribution in [2.24, 2.45) is 0 Å². The molecule has 0 spiro atoms. The molecule has 0 heterocycles. The second kappa shape index (κ2) is 7.96. The number of nitrogens with one attached hydrogen (secondary N) is 1.